The molecule has 1 aliphatic carbocycles. The van der Waals surface area contributed by atoms with E-state index in [1.54, 1.807) is 0 Å². The van der Waals surface area contributed by atoms with Crippen molar-refractivity contribution in [1.82, 2.24) is 9.97 Å². The Bertz CT molecular complexity index is 444. The maximum atomic E-state index is 5.96. The number of rotatable bonds is 10. The average Bonchev–Trinajstić information content (AvgIpc) is 2.46. The maximum absolute atomic E-state index is 5.96. The van der Waals surface area contributed by atoms with E-state index in [1.807, 2.05) is 25.1 Å². The number of nitrogens with zero attached hydrogens (tertiary/aromatic N) is 3. The van der Waals surface area contributed by atoms with Crippen molar-refractivity contribution in [2.24, 2.45) is 0 Å². The highest BCUT2D eigenvalue weighted by molar-refractivity contribution is 5.32. The van der Waals surface area contributed by atoms with Gasteiger partial charge in [-0.3, -0.25) is 0 Å². The van der Waals surface area contributed by atoms with Gasteiger partial charge in [0, 0.05) is 25.9 Å². The Morgan fingerprint density at radius 2 is 1.82 bits per heavy atom. The molecule has 0 radical (unpaired) electrons. The van der Waals surface area contributed by atoms with Crippen molar-refractivity contribution in [3.8, 4) is 5.88 Å². The van der Waals surface area contributed by atoms with Crippen LogP contribution in [0.15, 0.2) is 6.07 Å². The first-order valence-corrected chi connectivity index (χ1v) is 8.91. The lowest BCUT2D eigenvalue weighted by molar-refractivity contribution is 0.114. The summed E-state index contributed by atoms with van der Waals surface area (Å²) >= 11 is 0. The van der Waals surface area contributed by atoms with Gasteiger partial charge in [0.1, 0.15) is 6.10 Å². The second kappa shape index (κ2) is 8.96. The van der Waals surface area contributed by atoms with Crippen LogP contribution in [-0.2, 0) is 6.42 Å². The zero-order valence-electron chi connectivity index (χ0n) is 14.5. The lowest BCUT2D eigenvalue weighted by atomic mass is 9.96. The third-order valence-corrected chi connectivity index (χ3v) is 4.27. The first-order valence-electron chi connectivity index (χ1n) is 8.91. The molecule has 2 rings (SSSR count). The molecule has 0 aromatic carbocycles. The van der Waals surface area contributed by atoms with Crippen molar-refractivity contribution in [1.29, 1.82) is 0 Å². The summed E-state index contributed by atoms with van der Waals surface area (Å²) in [6.45, 7) is 2.26. The van der Waals surface area contributed by atoms with Crippen LogP contribution in [0.5, 0.6) is 5.88 Å². The molecule has 4 nitrogen and oxygen atoms in total. The molecule has 0 bridgehead atoms. The zero-order chi connectivity index (χ0) is 15.8. The number of aryl methyl sites for hydroxylation is 1. The van der Waals surface area contributed by atoms with E-state index in [0.717, 1.165) is 36.8 Å². The topological polar surface area (TPSA) is 38.2 Å². The summed E-state index contributed by atoms with van der Waals surface area (Å²) in [5, 5.41) is 0. The highest BCUT2D eigenvalue weighted by atomic mass is 16.5. The van der Waals surface area contributed by atoms with E-state index in [2.05, 4.69) is 16.9 Å². The van der Waals surface area contributed by atoms with Crippen LogP contribution in [0.2, 0.25) is 0 Å². The molecule has 1 fully saturated rings. The van der Waals surface area contributed by atoms with Crippen LogP contribution >= 0.6 is 0 Å². The Morgan fingerprint density at radius 3 is 2.45 bits per heavy atom. The molecule has 0 saturated heterocycles. The SMILES string of the molecule is CCCCCCCCc1cc(OC2CCC2)nc(N(C)C)n1. The summed E-state index contributed by atoms with van der Waals surface area (Å²) in [7, 11) is 3.97. The molecule has 0 N–H and O–H groups in total. The quantitative estimate of drug-likeness (QED) is 0.601. The van der Waals surface area contributed by atoms with Crippen LogP contribution in [0.25, 0.3) is 0 Å². The highest BCUT2D eigenvalue weighted by Gasteiger charge is 2.20. The molecule has 1 aromatic rings. The van der Waals surface area contributed by atoms with Crippen molar-refractivity contribution >= 4 is 5.95 Å². The second-order valence-corrected chi connectivity index (χ2v) is 6.58. The fourth-order valence-corrected chi connectivity index (χ4v) is 2.59. The van der Waals surface area contributed by atoms with Gasteiger partial charge < -0.3 is 9.64 Å². The second-order valence-electron chi connectivity index (χ2n) is 6.58. The van der Waals surface area contributed by atoms with Crippen LogP contribution in [0, 0.1) is 0 Å². The fourth-order valence-electron chi connectivity index (χ4n) is 2.59. The van der Waals surface area contributed by atoms with Crippen molar-refractivity contribution < 1.29 is 4.74 Å². The van der Waals surface area contributed by atoms with Crippen LogP contribution in [0.4, 0.5) is 5.95 Å². The summed E-state index contributed by atoms with van der Waals surface area (Å²) in [5.41, 5.74) is 1.11. The molecule has 0 atom stereocenters. The number of ether oxygens (including phenoxy) is 1. The molecule has 1 aromatic heterocycles. The van der Waals surface area contributed by atoms with E-state index in [1.165, 1.54) is 44.9 Å². The van der Waals surface area contributed by atoms with Crippen LogP contribution < -0.4 is 9.64 Å². The van der Waals surface area contributed by atoms with Gasteiger partial charge in [0.25, 0.3) is 0 Å². The van der Waals surface area contributed by atoms with Crippen molar-refractivity contribution in [3.05, 3.63) is 11.8 Å². The van der Waals surface area contributed by atoms with Gasteiger partial charge in [-0.2, -0.15) is 4.98 Å². The summed E-state index contributed by atoms with van der Waals surface area (Å²) in [6.07, 6.45) is 12.9. The first-order chi connectivity index (χ1) is 10.7. The molecule has 0 amide bonds. The van der Waals surface area contributed by atoms with Gasteiger partial charge in [-0.25, -0.2) is 4.98 Å². The Hall–Kier alpha value is -1.32. The maximum Gasteiger partial charge on any atom is 0.228 e. The van der Waals surface area contributed by atoms with E-state index in [4.69, 9.17) is 4.74 Å². The summed E-state index contributed by atoms with van der Waals surface area (Å²) < 4.78 is 5.96. The molecule has 1 heterocycles. The minimum atomic E-state index is 0.367. The number of unbranched alkanes of at least 4 members (excludes halogenated alkanes) is 5. The Morgan fingerprint density at radius 1 is 1.09 bits per heavy atom. The van der Waals surface area contributed by atoms with Gasteiger partial charge in [0.2, 0.25) is 11.8 Å². The lowest BCUT2D eigenvalue weighted by Gasteiger charge is -2.26. The molecule has 0 unspecified atom stereocenters. The molecule has 22 heavy (non-hydrogen) atoms. The predicted octanol–water partition coefficient (Wildman–Crippen LogP) is 4.38. The van der Waals surface area contributed by atoms with Crippen LogP contribution in [0.3, 0.4) is 0 Å². The minimum absolute atomic E-state index is 0.367. The standard InChI is InChI=1S/C18H31N3O/c1-4-5-6-7-8-9-11-15-14-17(22-16-12-10-13-16)20-18(19-15)21(2)3/h14,16H,4-13H2,1-3H3. The van der Waals surface area contributed by atoms with E-state index in [-0.39, 0.29) is 0 Å². The van der Waals surface area contributed by atoms with Gasteiger partial charge in [-0.05, 0) is 32.1 Å². The monoisotopic (exact) mass is 305 g/mol. The van der Waals surface area contributed by atoms with Crippen molar-refractivity contribution in [3.63, 3.8) is 0 Å². The molecule has 124 valence electrons. The van der Waals surface area contributed by atoms with Crippen LogP contribution in [-0.4, -0.2) is 30.2 Å². The predicted molar refractivity (Wildman–Crippen MR) is 91.7 cm³/mol. The molecular formula is C18H31N3O. The zero-order valence-corrected chi connectivity index (χ0v) is 14.5. The molecule has 0 spiro atoms. The highest BCUT2D eigenvalue weighted by Crippen LogP contribution is 2.25. The molecule has 4 heteroatoms. The molecule has 0 aliphatic heterocycles. The van der Waals surface area contributed by atoms with Gasteiger partial charge in [-0.1, -0.05) is 39.0 Å². The Kier molecular flexibility index (Phi) is 6.94. The molecule has 1 aliphatic rings. The van der Waals surface area contributed by atoms with E-state index < -0.39 is 0 Å². The van der Waals surface area contributed by atoms with E-state index in [9.17, 15) is 0 Å². The number of hydrogen-bond acceptors (Lipinski definition) is 4. The summed E-state index contributed by atoms with van der Waals surface area (Å²) in [4.78, 5) is 11.1. The Labute approximate surface area is 135 Å². The van der Waals surface area contributed by atoms with Gasteiger partial charge in [-0.15, -0.1) is 0 Å². The number of hydrogen-bond donors (Lipinski definition) is 0. The minimum Gasteiger partial charge on any atom is -0.474 e. The summed E-state index contributed by atoms with van der Waals surface area (Å²) in [6, 6.07) is 2.04. The van der Waals surface area contributed by atoms with Gasteiger partial charge in [0.15, 0.2) is 0 Å². The largest absolute Gasteiger partial charge is 0.474 e. The van der Waals surface area contributed by atoms with Gasteiger partial charge >= 0.3 is 0 Å². The molecular weight excluding hydrogens is 274 g/mol. The average molecular weight is 305 g/mol. The number of aromatic nitrogens is 2. The van der Waals surface area contributed by atoms with Crippen molar-refractivity contribution in [2.45, 2.75) is 77.2 Å². The summed E-state index contributed by atoms with van der Waals surface area (Å²) in [5.74, 6) is 1.52. The number of anilines is 1. The smallest absolute Gasteiger partial charge is 0.228 e. The Balaban J connectivity index is 1.87. The van der Waals surface area contributed by atoms with Crippen LogP contribution in [0.1, 0.15) is 70.4 Å². The van der Waals surface area contributed by atoms with Crippen molar-refractivity contribution in [2.75, 3.05) is 19.0 Å². The normalized spacial score (nSPS) is 14.7. The fraction of sp³-hybridized carbons (Fsp3) is 0.778. The van der Waals surface area contributed by atoms with E-state index >= 15 is 0 Å². The lowest BCUT2D eigenvalue weighted by Crippen LogP contribution is -2.25. The van der Waals surface area contributed by atoms with Gasteiger partial charge in [0.05, 0.1) is 0 Å². The van der Waals surface area contributed by atoms with E-state index in [0.29, 0.717) is 6.10 Å². The molecule has 1 saturated carbocycles. The first kappa shape index (κ1) is 17.0. The third kappa shape index (κ3) is 5.47. The third-order valence-electron chi connectivity index (χ3n) is 4.27.